The molecule has 5 heteroatoms. The maximum Gasteiger partial charge on any atom is 0.226 e. The van der Waals surface area contributed by atoms with Gasteiger partial charge in [0.15, 0.2) is 0 Å². The van der Waals surface area contributed by atoms with E-state index in [4.69, 9.17) is 4.74 Å². The second kappa shape index (κ2) is 9.70. The lowest BCUT2D eigenvalue weighted by atomic mass is 9.93. The minimum absolute atomic E-state index is 0. The van der Waals surface area contributed by atoms with Crippen LogP contribution in [-0.2, 0) is 11.2 Å². The second-order valence-electron chi connectivity index (χ2n) is 5.74. The third-order valence-corrected chi connectivity index (χ3v) is 4.28. The highest BCUT2D eigenvalue weighted by molar-refractivity contribution is 5.85. The summed E-state index contributed by atoms with van der Waals surface area (Å²) in [6.07, 6.45) is 3.98. The molecule has 0 aromatic heterocycles. The predicted octanol–water partition coefficient (Wildman–Crippen LogP) is 2.51. The van der Waals surface area contributed by atoms with Crippen LogP contribution in [-0.4, -0.2) is 44.6 Å². The molecule has 1 aliphatic heterocycles. The fourth-order valence-corrected chi connectivity index (χ4v) is 2.85. The third kappa shape index (κ3) is 5.50. The fourth-order valence-electron chi connectivity index (χ4n) is 2.85. The van der Waals surface area contributed by atoms with E-state index in [1.165, 1.54) is 6.42 Å². The van der Waals surface area contributed by atoms with Crippen LogP contribution in [0.2, 0.25) is 0 Å². The number of nitrogens with zero attached hydrogens (tertiary/aromatic N) is 1. The first-order valence-electron chi connectivity index (χ1n) is 7.78. The van der Waals surface area contributed by atoms with Crippen molar-refractivity contribution in [3.63, 3.8) is 0 Å². The van der Waals surface area contributed by atoms with E-state index in [0.717, 1.165) is 49.7 Å². The predicted molar refractivity (Wildman–Crippen MR) is 91.8 cm³/mol. The maximum atomic E-state index is 12.3. The normalized spacial score (nSPS) is 15.3. The molecule has 0 saturated carbocycles. The standard InChI is InChI=1S/C17H26N2O2.ClH/c1-18-10-7-14-8-11-19(12-9-14)17(20)13-15-3-5-16(21-2)6-4-15;/h3-6,14,18H,7-13H2,1-2H3;1H. The van der Waals surface area contributed by atoms with E-state index < -0.39 is 0 Å². The van der Waals surface area contributed by atoms with Crippen LogP contribution in [0.4, 0.5) is 0 Å². The van der Waals surface area contributed by atoms with Crippen LogP contribution in [0.1, 0.15) is 24.8 Å². The van der Waals surface area contributed by atoms with Crippen molar-refractivity contribution in [2.75, 3.05) is 33.8 Å². The van der Waals surface area contributed by atoms with Crippen LogP contribution in [0, 0.1) is 5.92 Å². The quantitative estimate of drug-likeness (QED) is 0.873. The number of nitrogens with one attached hydrogen (secondary N) is 1. The van der Waals surface area contributed by atoms with Crippen molar-refractivity contribution >= 4 is 18.3 Å². The van der Waals surface area contributed by atoms with Gasteiger partial charge in [0.05, 0.1) is 13.5 Å². The highest BCUT2D eigenvalue weighted by Gasteiger charge is 2.22. The van der Waals surface area contributed by atoms with Crippen molar-refractivity contribution in [1.82, 2.24) is 10.2 Å². The summed E-state index contributed by atoms with van der Waals surface area (Å²) in [5.41, 5.74) is 1.05. The van der Waals surface area contributed by atoms with Crippen molar-refractivity contribution in [3.8, 4) is 5.75 Å². The Morgan fingerprint density at radius 1 is 1.27 bits per heavy atom. The number of carbonyl (C=O) groups is 1. The molecule has 1 aromatic carbocycles. The van der Waals surface area contributed by atoms with E-state index in [-0.39, 0.29) is 18.3 Å². The van der Waals surface area contributed by atoms with Crippen LogP contribution in [0.15, 0.2) is 24.3 Å². The smallest absolute Gasteiger partial charge is 0.226 e. The van der Waals surface area contributed by atoms with Gasteiger partial charge in [-0.1, -0.05) is 12.1 Å². The van der Waals surface area contributed by atoms with E-state index in [0.29, 0.717) is 6.42 Å². The molecule has 0 aliphatic carbocycles. The van der Waals surface area contributed by atoms with Crippen LogP contribution < -0.4 is 10.1 Å². The molecule has 1 fully saturated rings. The third-order valence-electron chi connectivity index (χ3n) is 4.28. The molecule has 124 valence electrons. The summed E-state index contributed by atoms with van der Waals surface area (Å²) in [6.45, 7) is 2.89. The minimum atomic E-state index is 0. The molecule has 22 heavy (non-hydrogen) atoms. The molecule has 2 rings (SSSR count). The molecular formula is C17H27ClN2O2. The van der Waals surface area contributed by atoms with Gasteiger partial charge < -0.3 is 15.0 Å². The highest BCUT2D eigenvalue weighted by atomic mass is 35.5. The summed E-state index contributed by atoms with van der Waals surface area (Å²) >= 11 is 0. The summed E-state index contributed by atoms with van der Waals surface area (Å²) in [6, 6.07) is 7.76. The van der Waals surface area contributed by atoms with E-state index in [2.05, 4.69) is 5.32 Å². The van der Waals surface area contributed by atoms with Crippen molar-refractivity contribution in [1.29, 1.82) is 0 Å². The van der Waals surface area contributed by atoms with Gasteiger partial charge in [-0.05, 0) is 56.5 Å². The Labute approximate surface area is 139 Å². The van der Waals surface area contributed by atoms with Crippen LogP contribution in [0.5, 0.6) is 5.75 Å². The highest BCUT2D eigenvalue weighted by Crippen LogP contribution is 2.21. The summed E-state index contributed by atoms with van der Waals surface area (Å²) in [7, 11) is 3.64. The molecule has 1 saturated heterocycles. The first-order valence-corrected chi connectivity index (χ1v) is 7.78. The van der Waals surface area contributed by atoms with Crippen LogP contribution in [0.3, 0.4) is 0 Å². The zero-order valence-corrected chi connectivity index (χ0v) is 14.3. The van der Waals surface area contributed by atoms with Crippen LogP contribution in [0.25, 0.3) is 0 Å². The first kappa shape index (κ1) is 18.8. The molecule has 1 aromatic rings. The van der Waals surface area contributed by atoms with Crippen molar-refractivity contribution in [2.45, 2.75) is 25.7 Å². The number of methoxy groups -OCH3 is 1. The molecule has 0 unspecified atom stereocenters. The zero-order chi connectivity index (χ0) is 15.1. The average Bonchev–Trinajstić information content (AvgIpc) is 2.54. The van der Waals surface area contributed by atoms with Crippen molar-refractivity contribution < 1.29 is 9.53 Å². The molecule has 1 amide bonds. The van der Waals surface area contributed by atoms with Gasteiger partial charge in [-0.15, -0.1) is 12.4 Å². The fraction of sp³-hybridized carbons (Fsp3) is 0.588. The lowest BCUT2D eigenvalue weighted by Crippen LogP contribution is -2.39. The maximum absolute atomic E-state index is 12.3. The molecule has 1 N–H and O–H groups in total. The van der Waals surface area contributed by atoms with Gasteiger partial charge in [-0.2, -0.15) is 0 Å². The number of halogens is 1. The zero-order valence-electron chi connectivity index (χ0n) is 13.5. The second-order valence-corrected chi connectivity index (χ2v) is 5.74. The summed E-state index contributed by atoms with van der Waals surface area (Å²) < 4.78 is 5.13. The lowest BCUT2D eigenvalue weighted by molar-refractivity contribution is -0.131. The molecular weight excluding hydrogens is 300 g/mol. The van der Waals surface area contributed by atoms with Gasteiger partial charge in [-0.3, -0.25) is 4.79 Å². The van der Waals surface area contributed by atoms with Gasteiger partial charge in [0.25, 0.3) is 0 Å². The number of piperidine rings is 1. The Morgan fingerprint density at radius 3 is 2.45 bits per heavy atom. The largest absolute Gasteiger partial charge is 0.497 e. The number of likely N-dealkylation sites (tertiary alicyclic amines) is 1. The number of hydrogen-bond acceptors (Lipinski definition) is 3. The Hall–Kier alpha value is -1.26. The van der Waals surface area contributed by atoms with Gasteiger partial charge in [0.2, 0.25) is 5.91 Å². The Balaban J connectivity index is 0.00000242. The van der Waals surface area contributed by atoms with E-state index in [1.807, 2.05) is 36.2 Å². The number of rotatable bonds is 6. The molecule has 0 radical (unpaired) electrons. The molecule has 0 bridgehead atoms. The molecule has 1 heterocycles. The van der Waals surface area contributed by atoms with Gasteiger partial charge in [0, 0.05) is 13.1 Å². The number of ether oxygens (including phenoxy) is 1. The summed E-state index contributed by atoms with van der Waals surface area (Å²) in [5, 5.41) is 3.20. The molecule has 0 atom stereocenters. The van der Waals surface area contributed by atoms with Gasteiger partial charge in [-0.25, -0.2) is 0 Å². The van der Waals surface area contributed by atoms with E-state index in [9.17, 15) is 4.79 Å². The first-order chi connectivity index (χ1) is 10.2. The van der Waals surface area contributed by atoms with Gasteiger partial charge >= 0.3 is 0 Å². The number of carbonyl (C=O) groups excluding carboxylic acids is 1. The SMILES string of the molecule is CNCCC1CCN(C(=O)Cc2ccc(OC)cc2)CC1.Cl. The van der Waals surface area contributed by atoms with Crippen molar-refractivity contribution in [2.24, 2.45) is 5.92 Å². The summed E-state index contributed by atoms with van der Waals surface area (Å²) in [4.78, 5) is 14.3. The lowest BCUT2D eigenvalue weighted by Gasteiger charge is -2.32. The van der Waals surface area contributed by atoms with E-state index >= 15 is 0 Å². The van der Waals surface area contributed by atoms with E-state index in [1.54, 1.807) is 7.11 Å². The number of benzene rings is 1. The minimum Gasteiger partial charge on any atom is -0.497 e. The Morgan fingerprint density at radius 2 is 1.91 bits per heavy atom. The molecule has 1 aliphatic rings. The summed E-state index contributed by atoms with van der Waals surface area (Å²) in [5.74, 6) is 1.84. The van der Waals surface area contributed by atoms with Crippen LogP contribution >= 0.6 is 12.4 Å². The number of hydrogen-bond donors (Lipinski definition) is 1. The Bertz CT molecular complexity index is 442. The monoisotopic (exact) mass is 326 g/mol. The topological polar surface area (TPSA) is 41.6 Å². The average molecular weight is 327 g/mol. The molecule has 0 spiro atoms. The van der Waals surface area contributed by atoms with Crippen molar-refractivity contribution in [3.05, 3.63) is 29.8 Å². The number of amides is 1. The Kier molecular flexibility index (Phi) is 8.28. The van der Waals surface area contributed by atoms with Gasteiger partial charge in [0.1, 0.15) is 5.75 Å². The molecule has 4 nitrogen and oxygen atoms in total.